The quantitative estimate of drug-likeness (QED) is 0.203. The number of H-pyrrole nitrogens is 1. The average Bonchev–Trinajstić information content (AvgIpc) is 3.47. The van der Waals surface area contributed by atoms with Crippen LogP contribution < -0.4 is 16.1 Å². The van der Waals surface area contributed by atoms with Crippen molar-refractivity contribution in [2.45, 2.75) is 33.1 Å². The highest BCUT2D eigenvalue weighted by Gasteiger charge is 2.17. The predicted molar refractivity (Wildman–Crippen MR) is 166 cm³/mol. The molecule has 43 heavy (non-hydrogen) atoms. The van der Waals surface area contributed by atoms with Gasteiger partial charge < -0.3 is 4.74 Å². The van der Waals surface area contributed by atoms with Crippen LogP contribution in [0.25, 0.3) is 28.2 Å². The molecule has 0 unspecified atom stereocenters. The molecule has 0 bridgehead atoms. The molecule has 0 saturated heterocycles. The Kier molecular flexibility index (Phi) is 7.82. The number of rotatable bonds is 9. The summed E-state index contributed by atoms with van der Waals surface area (Å²) in [6.07, 6.45) is 2.06. The van der Waals surface area contributed by atoms with E-state index in [2.05, 4.69) is 17.1 Å². The summed E-state index contributed by atoms with van der Waals surface area (Å²) < 4.78 is 12.3. The van der Waals surface area contributed by atoms with Crippen LogP contribution in [0.15, 0.2) is 117 Å². The van der Waals surface area contributed by atoms with Gasteiger partial charge in [0.25, 0.3) is 5.56 Å². The molecule has 0 fully saturated rings. The van der Waals surface area contributed by atoms with E-state index in [-0.39, 0.29) is 5.56 Å². The second kappa shape index (κ2) is 12.2. The molecule has 8 nitrogen and oxygen atoms in total. The van der Waals surface area contributed by atoms with Gasteiger partial charge in [0, 0.05) is 17.5 Å². The molecular formula is C35H30N4O4. The maximum absolute atomic E-state index is 14.0. The van der Waals surface area contributed by atoms with Crippen molar-refractivity contribution < 1.29 is 9.26 Å². The number of hydrogen-bond donors (Lipinski definition) is 1. The van der Waals surface area contributed by atoms with Crippen molar-refractivity contribution >= 4 is 0 Å². The lowest BCUT2D eigenvalue weighted by Gasteiger charge is -2.16. The summed E-state index contributed by atoms with van der Waals surface area (Å²) in [7, 11) is 0. The van der Waals surface area contributed by atoms with E-state index in [0.29, 0.717) is 29.4 Å². The Labute approximate surface area is 248 Å². The standard InChI is InChI=1S/C35H30N4O4/c1-3-9-32-31(22-24-14-16-25(17-15-24)29-12-7-8-13-30(29)33-37-35(41)43-38-33)34(40)39(23(2)36-32)26-18-20-28(21-19-26)42-27-10-5-4-6-11-27/h4-8,10-21H,3,9,22H2,1-2H3,(H,37,38,41). The molecule has 1 N–H and O–H groups in total. The minimum atomic E-state index is -0.600. The van der Waals surface area contributed by atoms with Gasteiger partial charge in [-0.3, -0.25) is 18.9 Å². The molecular weight excluding hydrogens is 540 g/mol. The average molecular weight is 571 g/mol. The number of hydrogen-bond acceptors (Lipinski definition) is 6. The molecule has 2 aromatic heterocycles. The minimum Gasteiger partial charge on any atom is -0.457 e. The fourth-order valence-corrected chi connectivity index (χ4v) is 5.22. The smallest absolute Gasteiger partial charge is 0.439 e. The van der Waals surface area contributed by atoms with Gasteiger partial charge in [-0.2, -0.15) is 0 Å². The van der Waals surface area contributed by atoms with Crippen LogP contribution in [0.4, 0.5) is 0 Å². The van der Waals surface area contributed by atoms with Crippen molar-refractivity contribution in [1.82, 2.24) is 19.7 Å². The monoisotopic (exact) mass is 570 g/mol. The molecule has 8 heteroatoms. The lowest BCUT2D eigenvalue weighted by Crippen LogP contribution is -2.28. The second-order valence-electron chi connectivity index (χ2n) is 10.2. The summed E-state index contributed by atoms with van der Waals surface area (Å²) in [6, 6.07) is 32.8. The molecule has 0 saturated carbocycles. The van der Waals surface area contributed by atoms with Crippen LogP contribution in [0.3, 0.4) is 0 Å². The second-order valence-corrected chi connectivity index (χ2v) is 10.2. The van der Waals surface area contributed by atoms with Gasteiger partial charge in [-0.25, -0.2) is 9.78 Å². The Bertz CT molecular complexity index is 1970. The third kappa shape index (κ3) is 5.94. The lowest BCUT2D eigenvalue weighted by atomic mass is 9.96. The number of aromatic amines is 1. The first-order chi connectivity index (χ1) is 21.0. The molecule has 0 amide bonds. The SMILES string of the molecule is CCCc1nc(C)n(-c2ccc(Oc3ccccc3)cc2)c(=O)c1Cc1ccc(-c2ccccc2-c2noc(=O)[nH]2)cc1. The van der Waals surface area contributed by atoms with Crippen LogP contribution in [0.1, 0.15) is 36.0 Å². The number of aromatic nitrogens is 4. The van der Waals surface area contributed by atoms with Crippen molar-refractivity contribution in [2.75, 3.05) is 0 Å². The van der Waals surface area contributed by atoms with Crippen molar-refractivity contribution in [1.29, 1.82) is 0 Å². The number of para-hydroxylation sites is 1. The fraction of sp³-hybridized carbons (Fsp3) is 0.143. The first kappa shape index (κ1) is 27.7. The van der Waals surface area contributed by atoms with Gasteiger partial charge >= 0.3 is 5.76 Å². The summed E-state index contributed by atoms with van der Waals surface area (Å²) in [6.45, 7) is 3.96. The molecule has 4 aromatic carbocycles. The van der Waals surface area contributed by atoms with E-state index in [1.807, 2.05) is 110 Å². The Hall–Kier alpha value is -5.50. The first-order valence-corrected chi connectivity index (χ1v) is 14.2. The molecule has 0 spiro atoms. The molecule has 6 rings (SSSR count). The van der Waals surface area contributed by atoms with E-state index in [1.54, 1.807) is 4.57 Å². The summed E-state index contributed by atoms with van der Waals surface area (Å²) in [5, 5.41) is 3.85. The summed E-state index contributed by atoms with van der Waals surface area (Å²) in [5.74, 6) is 1.86. The normalized spacial score (nSPS) is 11.0. The first-order valence-electron chi connectivity index (χ1n) is 14.2. The zero-order valence-electron chi connectivity index (χ0n) is 23.9. The van der Waals surface area contributed by atoms with Crippen molar-refractivity contribution in [2.24, 2.45) is 0 Å². The minimum absolute atomic E-state index is 0.0721. The number of nitrogens with zero attached hydrogens (tertiary/aromatic N) is 3. The largest absolute Gasteiger partial charge is 0.457 e. The van der Waals surface area contributed by atoms with Crippen LogP contribution in [-0.4, -0.2) is 19.7 Å². The highest BCUT2D eigenvalue weighted by atomic mass is 16.5. The van der Waals surface area contributed by atoms with Gasteiger partial charge in [0.2, 0.25) is 0 Å². The predicted octanol–water partition coefficient (Wildman–Crippen LogP) is 6.89. The van der Waals surface area contributed by atoms with Crippen molar-refractivity contribution in [3.05, 3.63) is 147 Å². The van der Waals surface area contributed by atoms with E-state index in [4.69, 9.17) is 14.2 Å². The lowest BCUT2D eigenvalue weighted by molar-refractivity contribution is 0.388. The van der Waals surface area contributed by atoms with Crippen LogP contribution >= 0.6 is 0 Å². The number of nitrogens with one attached hydrogen (secondary N) is 1. The maximum atomic E-state index is 14.0. The fourth-order valence-electron chi connectivity index (χ4n) is 5.22. The molecule has 0 atom stereocenters. The van der Waals surface area contributed by atoms with E-state index in [0.717, 1.165) is 52.2 Å². The van der Waals surface area contributed by atoms with Gasteiger partial charge in [0.1, 0.15) is 17.3 Å². The van der Waals surface area contributed by atoms with Crippen molar-refractivity contribution in [3.63, 3.8) is 0 Å². The molecule has 6 aromatic rings. The summed E-state index contributed by atoms with van der Waals surface area (Å²) in [5.41, 5.74) is 5.79. The van der Waals surface area contributed by atoms with E-state index in [1.165, 1.54) is 0 Å². The van der Waals surface area contributed by atoms with Crippen LogP contribution in [0.5, 0.6) is 11.5 Å². The summed E-state index contributed by atoms with van der Waals surface area (Å²) >= 11 is 0. The topological polar surface area (TPSA) is 103 Å². The number of ether oxygens (including phenoxy) is 1. The number of benzene rings is 4. The highest BCUT2D eigenvalue weighted by molar-refractivity contribution is 5.80. The highest BCUT2D eigenvalue weighted by Crippen LogP contribution is 2.30. The van der Waals surface area contributed by atoms with Gasteiger partial charge in [0.05, 0.1) is 11.4 Å². The van der Waals surface area contributed by atoms with Crippen LogP contribution in [-0.2, 0) is 12.8 Å². The number of aryl methyl sites for hydroxylation is 2. The Morgan fingerprint density at radius 1 is 0.814 bits per heavy atom. The Morgan fingerprint density at radius 2 is 1.49 bits per heavy atom. The zero-order chi connectivity index (χ0) is 29.8. The maximum Gasteiger partial charge on any atom is 0.439 e. The summed E-state index contributed by atoms with van der Waals surface area (Å²) in [4.78, 5) is 33.0. The van der Waals surface area contributed by atoms with Gasteiger partial charge in [-0.15, -0.1) is 0 Å². The van der Waals surface area contributed by atoms with Crippen LogP contribution in [0.2, 0.25) is 0 Å². The third-order valence-corrected chi connectivity index (χ3v) is 7.26. The third-order valence-electron chi connectivity index (χ3n) is 7.26. The Balaban J connectivity index is 1.31. The molecule has 0 aliphatic heterocycles. The van der Waals surface area contributed by atoms with E-state index < -0.39 is 5.76 Å². The molecule has 0 aliphatic carbocycles. The van der Waals surface area contributed by atoms with Crippen molar-refractivity contribution in [3.8, 4) is 39.7 Å². The molecule has 2 heterocycles. The van der Waals surface area contributed by atoms with Gasteiger partial charge in [-0.1, -0.05) is 85.2 Å². The molecule has 0 radical (unpaired) electrons. The molecule has 214 valence electrons. The van der Waals surface area contributed by atoms with Crippen LogP contribution in [0, 0.1) is 6.92 Å². The van der Waals surface area contributed by atoms with Gasteiger partial charge in [0.15, 0.2) is 5.82 Å². The zero-order valence-corrected chi connectivity index (χ0v) is 23.9. The van der Waals surface area contributed by atoms with Gasteiger partial charge in [-0.05, 0) is 66.4 Å². The van der Waals surface area contributed by atoms with E-state index >= 15 is 0 Å². The molecule has 0 aliphatic rings. The Morgan fingerprint density at radius 3 is 2.16 bits per heavy atom. The van der Waals surface area contributed by atoms with E-state index in [9.17, 15) is 9.59 Å².